The number of rotatable bonds is 2. The van der Waals surface area contributed by atoms with Gasteiger partial charge in [0.2, 0.25) is 0 Å². The third-order valence-corrected chi connectivity index (χ3v) is 3.55. The van der Waals surface area contributed by atoms with Gasteiger partial charge in [-0.3, -0.25) is 9.48 Å². The largest absolute Gasteiger partial charge is 0.506 e. The molecule has 2 aromatic heterocycles. The second-order valence-electron chi connectivity index (χ2n) is 5.06. The van der Waals surface area contributed by atoms with Crippen molar-refractivity contribution in [1.82, 2.24) is 14.8 Å². The average molecular weight is 299 g/mol. The van der Waals surface area contributed by atoms with Gasteiger partial charge in [-0.15, -0.1) is 0 Å². The number of aromatic carboxylic acids is 1. The molecule has 0 aliphatic rings. The highest BCUT2D eigenvalue weighted by molar-refractivity contribution is 5.92. The fraction of sp³-hybridized carbons (Fsp3) is 0.133. The van der Waals surface area contributed by atoms with Gasteiger partial charge in [0.05, 0.1) is 11.2 Å². The Kier molecular flexibility index (Phi) is 2.98. The Bertz CT molecular complexity index is 969. The van der Waals surface area contributed by atoms with Gasteiger partial charge < -0.3 is 15.2 Å². The summed E-state index contributed by atoms with van der Waals surface area (Å²) >= 11 is 0. The predicted octanol–water partition coefficient (Wildman–Crippen LogP) is 1.64. The highest BCUT2D eigenvalue weighted by Gasteiger charge is 2.20. The van der Waals surface area contributed by atoms with Crippen LogP contribution in [0.4, 0.5) is 0 Å². The molecule has 3 rings (SSSR count). The maximum absolute atomic E-state index is 11.9. The lowest BCUT2D eigenvalue weighted by atomic mass is 10.0. The van der Waals surface area contributed by atoms with Crippen LogP contribution in [0.25, 0.3) is 22.2 Å². The molecule has 7 nitrogen and oxygen atoms in total. The number of nitrogens with zero attached hydrogens (tertiary/aromatic N) is 2. The minimum absolute atomic E-state index is 0.306. The Labute approximate surface area is 124 Å². The number of carbonyl (C=O) groups is 1. The molecular formula is C15H13N3O4. The number of nitrogens with one attached hydrogen (secondary N) is 1. The SMILES string of the molecule is Cc1c(-c2ccc3nn(C)cc3c2)[nH]c(=O)c(C(=O)O)c1O. The summed E-state index contributed by atoms with van der Waals surface area (Å²) in [7, 11) is 1.81. The van der Waals surface area contributed by atoms with E-state index in [1.54, 1.807) is 30.8 Å². The number of pyridine rings is 1. The van der Waals surface area contributed by atoms with Gasteiger partial charge in [0.1, 0.15) is 5.75 Å². The molecular weight excluding hydrogens is 286 g/mol. The number of aryl methyl sites for hydroxylation is 1. The first-order valence-corrected chi connectivity index (χ1v) is 6.51. The molecule has 22 heavy (non-hydrogen) atoms. The van der Waals surface area contributed by atoms with E-state index < -0.39 is 22.8 Å². The van der Waals surface area contributed by atoms with Crippen molar-refractivity contribution in [3.8, 4) is 17.0 Å². The Morgan fingerprint density at radius 3 is 2.77 bits per heavy atom. The quantitative estimate of drug-likeness (QED) is 0.666. The summed E-state index contributed by atoms with van der Waals surface area (Å²) in [5.74, 6) is -1.98. The van der Waals surface area contributed by atoms with Crippen molar-refractivity contribution in [2.45, 2.75) is 6.92 Å². The highest BCUT2D eigenvalue weighted by atomic mass is 16.4. The zero-order chi connectivity index (χ0) is 16.0. The van der Waals surface area contributed by atoms with Crippen LogP contribution in [0.2, 0.25) is 0 Å². The van der Waals surface area contributed by atoms with Crippen LogP contribution in [0.15, 0.2) is 29.2 Å². The summed E-state index contributed by atoms with van der Waals surface area (Å²) < 4.78 is 1.68. The lowest BCUT2D eigenvalue weighted by molar-refractivity contribution is 0.0691. The third kappa shape index (κ3) is 2.03. The number of aromatic nitrogens is 3. The smallest absolute Gasteiger partial charge is 0.345 e. The van der Waals surface area contributed by atoms with Gasteiger partial charge in [-0.2, -0.15) is 5.10 Å². The van der Waals surface area contributed by atoms with E-state index in [-0.39, 0.29) is 0 Å². The lowest BCUT2D eigenvalue weighted by Gasteiger charge is -2.09. The van der Waals surface area contributed by atoms with Gasteiger partial charge in [-0.05, 0) is 24.6 Å². The van der Waals surface area contributed by atoms with E-state index in [0.29, 0.717) is 16.8 Å². The summed E-state index contributed by atoms with van der Waals surface area (Å²) in [5.41, 5.74) is 0.680. The van der Waals surface area contributed by atoms with E-state index in [2.05, 4.69) is 10.1 Å². The molecule has 2 heterocycles. The minimum atomic E-state index is -1.46. The van der Waals surface area contributed by atoms with Crippen molar-refractivity contribution in [2.24, 2.45) is 7.05 Å². The van der Waals surface area contributed by atoms with Gasteiger partial charge in [0, 0.05) is 24.2 Å². The van der Waals surface area contributed by atoms with Crippen LogP contribution in [0.3, 0.4) is 0 Å². The molecule has 0 aliphatic heterocycles. The summed E-state index contributed by atoms with van der Waals surface area (Å²) in [6.07, 6.45) is 1.83. The van der Waals surface area contributed by atoms with Crippen molar-refractivity contribution in [1.29, 1.82) is 0 Å². The average Bonchev–Trinajstić information content (AvgIpc) is 2.81. The molecule has 0 saturated carbocycles. The molecule has 1 aromatic carbocycles. The number of aromatic hydroxyl groups is 1. The molecule has 0 fully saturated rings. The molecule has 0 unspecified atom stereocenters. The van der Waals surface area contributed by atoms with Crippen molar-refractivity contribution < 1.29 is 15.0 Å². The van der Waals surface area contributed by atoms with Crippen molar-refractivity contribution in [3.05, 3.63) is 45.9 Å². The maximum Gasteiger partial charge on any atom is 0.345 e. The monoisotopic (exact) mass is 299 g/mol. The van der Waals surface area contributed by atoms with Gasteiger partial charge in [0.15, 0.2) is 5.56 Å². The van der Waals surface area contributed by atoms with Gasteiger partial charge in [-0.1, -0.05) is 6.07 Å². The normalized spacial score (nSPS) is 11.0. The number of hydrogen-bond acceptors (Lipinski definition) is 4. The molecule has 0 atom stereocenters. The molecule has 3 aromatic rings. The van der Waals surface area contributed by atoms with Crippen LogP contribution in [0, 0.1) is 6.92 Å². The second-order valence-corrected chi connectivity index (χ2v) is 5.06. The molecule has 7 heteroatoms. The Morgan fingerprint density at radius 1 is 1.36 bits per heavy atom. The standard InChI is InChI=1S/C15H13N3O4/c1-7-12(16-14(20)11(13(7)19)15(21)22)8-3-4-10-9(5-8)6-18(2)17-10/h3-6H,1-2H3,(H,21,22)(H2,16,19,20). The number of carboxylic acids is 1. The minimum Gasteiger partial charge on any atom is -0.506 e. The zero-order valence-electron chi connectivity index (χ0n) is 11.9. The third-order valence-electron chi connectivity index (χ3n) is 3.55. The van der Waals surface area contributed by atoms with E-state index in [4.69, 9.17) is 5.11 Å². The van der Waals surface area contributed by atoms with Crippen LogP contribution in [0.1, 0.15) is 15.9 Å². The first kappa shape index (κ1) is 13.9. The molecule has 112 valence electrons. The molecule has 0 amide bonds. The van der Waals surface area contributed by atoms with Gasteiger partial charge >= 0.3 is 5.97 Å². The summed E-state index contributed by atoms with van der Waals surface area (Å²) in [5, 5.41) is 24.1. The van der Waals surface area contributed by atoms with Crippen LogP contribution >= 0.6 is 0 Å². The maximum atomic E-state index is 11.9. The first-order valence-electron chi connectivity index (χ1n) is 6.51. The molecule has 0 bridgehead atoms. The Hall–Kier alpha value is -3.09. The molecule has 0 aliphatic carbocycles. The number of H-pyrrole nitrogens is 1. The number of hydrogen-bond donors (Lipinski definition) is 3. The van der Waals surface area contributed by atoms with E-state index in [1.807, 2.05) is 12.3 Å². The van der Waals surface area contributed by atoms with Crippen molar-refractivity contribution in [2.75, 3.05) is 0 Å². The predicted molar refractivity (Wildman–Crippen MR) is 80.1 cm³/mol. The van der Waals surface area contributed by atoms with Crippen molar-refractivity contribution >= 4 is 16.9 Å². The van der Waals surface area contributed by atoms with Crippen LogP contribution in [-0.4, -0.2) is 30.9 Å². The molecule has 3 N–H and O–H groups in total. The van der Waals surface area contributed by atoms with Crippen LogP contribution in [0.5, 0.6) is 5.75 Å². The van der Waals surface area contributed by atoms with Crippen molar-refractivity contribution in [3.63, 3.8) is 0 Å². The number of carboxylic acid groups (broad SMARTS) is 1. The van der Waals surface area contributed by atoms with Crippen LogP contribution in [-0.2, 0) is 7.05 Å². The summed E-state index contributed by atoms with van der Waals surface area (Å²) in [6, 6.07) is 5.37. The molecule has 0 radical (unpaired) electrons. The fourth-order valence-corrected chi connectivity index (χ4v) is 2.47. The van der Waals surface area contributed by atoms with E-state index in [9.17, 15) is 14.7 Å². The van der Waals surface area contributed by atoms with Gasteiger partial charge in [-0.25, -0.2) is 4.79 Å². The fourth-order valence-electron chi connectivity index (χ4n) is 2.47. The second kappa shape index (κ2) is 4.73. The Morgan fingerprint density at radius 2 is 2.09 bits per heavy atom. The molecule has 0 spiro atoms. The molecule has 0 saturated heterocycles. The number of fused-ring (bicyclic) bond motifs is 1. The van der Waals surface area contributed by atoms with E-state index in [1.165, 1.54) is 0 Å². The topological polar surface area (TPSA) is 108 Å². The highest BCUT2D eigenvalue weighted by Crippen LogP contribution is 2.29. The number of benzene rings is 1. The Balaban J connectivity index is 2.26. The van der Waals surface area contributed by atoms with E-state index in [0.717, 1.165) is 10.9 Å². The van der Waals surface area contributed by atoms with E-state index >= 15 is 0 Å². The van der Waals surface area contributed by atoms with Gasteiger partial charge in [0.25, 0.3) is 5.56 Å². The summed E-state index contributed by atoms with van der Waals surface area (Å²) in [6.45, 7) is 1.56. The van der Waals surface area contributed by atoms with Crippen LogP contribution < -0.4 is 5.56 Å². The number of aromatic amines is 1. The zero-order valence-corrected chi connectivity index (χ0v) is 11.9. The summed E-state index contributed by atoms with van der Waals surface area (Å²) in [4.78, 5) is 25.4. The lowest BCUT2D eigenvalue weighted by Crippen LogP contribution is -2.19. The first-order chi connectivity index (χ1) is 10.4.